The number of hydrogen-bond donors (Lipinski definition) is 0. The summed E-state index contributed by atoms with van der Waals surface area (Å²) in [6.45, 7) is 6.47. The van der Waals surface area contributed by atoms with E-state index in [2.05, 4.69) is 67.3 Å². The lowest BCUT2D eigenvalue weighted by molar-refractivity contribution is -0.128. The number of sulfonamides is 1. The van der Waals surface area contributed by atoms with Crippen LogP contribution in [0.3, 0.4) is 0 Å². The van der Waals surface area contributed by atoms with Crippen molar-refractivity contribution in [3.05, 3.63) is 71.8 Å². The summed E-state index contributed by atoms with van der Waals surface area (Å²) in [6.07, 6.45) is 2.23. The molecule has 6 heteroatoms. The molecule has 33 heavy (non-hydrogen) atoms. The number of nitrogens with zero attached hydrogens (tertiary/aromatic N) is 2. The minimum absolute atomic E-state index is 0.0247. The molecule has 0 amide bonds. The van der Waals surface area contributed by atoms with Crippen molar-refractivity contribution >= 4 is 15.8 Å². The van der Waals surface area contributed by atoms with Crippen molar-refractivity contribution in [3.63, 3.8) is 0 Å². The van der Waals surface area contributed by atoms with Crippen LogP contribution in [0, 0.1) is 16.7 Å². The molecule has 2 aromatic rings. The van der Waals surface area contributed by atoms with Gasteiger partial charge in [0.25, 0.3) is 0 Å². The molecule has 1 saturated heterocycles. The average Bonchev–Trinajstić information content (AvgIpc) is 3.15. The summed E-state index contributed by atoms with van der Waals surface area (Å²) in [5.74, 6) is 0.470. The Labute approximate surface area is 197 Å². The zero-order valence-corrected chi connectivity index (χ0v) is 20.4. The van der Waals surface area contributed by atoms with Gasteiger partial charge in [0.15, 0.2) is 0 Å². The van der Waals surface area contributed by atoms with Gasteiger partial charge < -0.3 is 0 Å². The summed E-state index contributed by atoms with van der Waals surface area (Å²) in [4.78, 5) is 15.3. The first-order valence-corrected chi connectivity index (χ1v) is 13.7. The van der Waals surface area contributed by atoms with Gasteiger partial charge in [0.05, 0.1) is 11.8 Å². The van der Waals surface area contributed by atoms with Crippen LogP contribution in [-0.2, 0) is 14.8 Å². The summed E-state index contributed by atoms with van der Waals surface area (Å²) >= 11 is 0. The Hall–Kier alpha value is -2.02. The summed E-state index contributed by atoms with van der Waals surface area (Å²) in [6, 6.07) is 20.9. The maximum Gasteiger partial charge on any atom is 0.215 e. The number of fused-ring (bicyclic) bond motifs is 2. The van der Waals surface area contributed by atoms with E-state index in [-0.39, 0.29) is 23.0 Å². The van der Waals surface area contributed by atoms with Crippen LogP contribution in [-0.4, -0.2) is 55.3 Å². The van der Waals surface area contributed by atoms with Crippen molar-refractivity contribution in [3.8, 4) is 0 Å². The lowest BCUT2D eigenvalue weighted by atomic mass is 9.70. The molecule has 0 unspecified atom stereocenters. The second kappa shape index (κ2) is 8.33. The quantitative estimate of drug-likeness (QED) is 0.643. The highest BCUT2D eigenvalue weighted by atomic mass is 32.2. The fraction of sp³-hybridized carbons (Fsp3) is 0.519. The molecule has 0 aromatic heterocycles. The van der Waals surface area contributed by atoms with Crippen molar-refractivity contribution in [1.82, 2.24) is 9.21 Å². The third-order valence-corrected chi connectivity index (χ3v) is 10.8. The van der Waals surface area contributed by atoms with E-state index < -0.39 is 15.4 Å². The van der Waals surface area contributed by atoms with E-state index in [9.17, 15) is 13.2 Å². The third kappa shape index (κ3) is 3.76. The molecule has 3 aliphatic rings. The van der Waals surface area contributed by atoms with E-state index in [1.54, 1.807) is 4.31 Å². The molecule has 2 aliphatic carbocycles. The van der Waals surface area contributed by atoms with Gasteiger partial charge in [-0.05, 0) is 35.3 Å². The Morgan fingerprint density at radius 3 is 1.91 bits per heavy atom. The van der Waals surface area contributed by atoms with Crippen LogP contribution in [0.15, 0.2) is 60.7 Å². The molecular weight excluding hydrogens is 432 g/mol. The number of ketones is 1. The van der Waals surface area contributed by atoms with Gasteiger partial charge in [-0.3, -0.25) is 9.69 Å². The standard InChI is InChI=1S/C27H34N2O3S/c1-26(2)23-13-14-27(26,24(30)19-23)20-33(31,32)29-17-15-28(16-18-29)25(21-9-5-3-6-10-21)22-11-7-4-8-12-22/h3-12,23,25H,13-20H2,1-2H3/t23-,27-/m0/s1. The summed E-state index contributed by atoms with van der Waals surface area (Å²) < 4.78 is 28.7. The number of benzene rings is 2. The predicted molar refractivity (Wildman–Crippen MR) is 130 cm³/mol. The highest BCUT2D eigenvalue weighted by Gasteiger charge is 2.65. The van der Waals surface area contributed by atoms with Crippen molar-refractivity contribution < 1.29 is 13.2 Å². The van der Waals surface area contributed by atoms with Crippen LogP contribution < -0.4 is 0 Å². The number of carbonyl (C=O) groups excluding carboxylic acids is 1. The second-order valence-corrected chi connectivity index (χ2v) is 12.6. The molecule has 2 aromatic carbocycles. The van der Waals surface area contributed by atoms with Crippen LogP contribution in [0.5, 0.6) is 0 Å². The minimum atomic E-state index is -3.51. The van der Waals surface area contributed by atoms with E-state index in [1.165, 1.54) is 11.1 Å². The van der Waals surface area contributed by atoms with E-state index in [4.69, 9.17) is 0 Å². The largest absolute Gasteiger partial charge is 0.299 e. The topological polar surface area (TPSA) is 57.7 Å². The van der Waals surface area contributed by atoms with Crippen molar-refractivity contribution in [2.75, 3.05) is 31.9 Å². The van der Waals surface area contributed by atoms with E-state index >= 15 is 0 Å². The number of carbonyl (C=O) groups is 1. The summed E-state index contributed by atoms with van der Waals surface area (Å²) in [5.41, 5.74) is 1.50. The van der Waals surface area contributed by atoms with Gasteiger partial charge in [-0.25, -0.2) is 8.42 Å². The molecule has 2 atom stereocenters. The molecule has 1 aliphatic heterocycles. The first-order chi connectivity index (χ1) is 15.7. The lowest BCUT2D eigenvalue weighted by Crippen LogP contribution is -2.53. The minimum Gasteiger partial charge on any atom is -0.299 e. The average molecular weight is 467 g/mol. The molecule has 1 heterocycles. The van der Waals surface area contributed by atoms with E-state index in [0.717, 1.165) is 6.42 Å². The predicted octanol–water partition coefficient (Wildman–Crippen LogP) is 4.12. The van der Waals surface area contributed by atoms with E-state index in [1.807, 2.05) is 12.1 Å². The Bertz CT molecular complexity index is 1070. The van der Waals surface area contributed by atoms with Crippen molar-refractivity contribution in [2.24, 2.45) is 16.7 Å². The van der Waals surface area contributed by atoms with Gasteiger partial charge in [0, 0.05) is 38.0 Å². The summed E-state index contributed by atoms with van der Waals surface area (Å²) in [5, 5.41) is 0. The van der Waals surface area contributed by atoms with Crippen LogP contribution in [0.25, 0.3) is 0 Å². The number of rotatable bonds is 6. The Kier molecular flexibility index (Phi) is 5.74. The first kappa shape index (κ1) is 22.8. The van der Waals surface area contributed by atoms with Gasteiger partial charge in [-0.1, -0.05) is 74.5 Å². The SMILES string of the molecule is CC1(C)[C@H]2CC[C@]1(CS(=O)(=O)N1CCN(C(c3ccccc3)c3ccccc3)CC1)C(=O)C2. The molecule has 176 valence electrons. The number of piperazine rings is 1. The third-order valence-electron chi connectivity index (χ3n) is 8.83. The zero-order valence-electron chi connectivity index (χ0n) is 19.6. The van der Waals surface area contributed by atoms with Crippen LogP contribution in [0.1, 0.15) is 50.3 Å². The molecule has 0 N–H and O–H groups in total. The Balaban J connectivity index is 1.33. The normalized spacial score (nSPS) is 28.0. The Morgan fingerprint density at radius 2 is 1.45 bits per heavy atom. The molecule has 2 saturated carbocycles. The summed E-state index contributed by atoms with van der Waals surface area (Å²) in [7, 11) is -3.51. The molecule has 0 radical (unpaired) electrons. The van der Waals surface area contributed by atoms with Crippen LogP contribution >= 0.6 is 0 Å². The lowest BCUT2D eigenvalue weighted by Gasteiger charge is -2.41. The number of Topliss-reactive ketones (excluding diaryl/α,β-unsaturated/α-hetero) is 1. The maximum absolute atomic E-state index is 13.5. The number of hydrogen-bond acceptors (Lipinski definition) is 4. The van der Waals surface area contributed by atoms with Gasteiger partial charge >= 0.3 is 0 Å². The highest BCUT2D eigenvalue weighted by molar-refractivity contribution is 7.89. The molecule has 2 bridgehead atoms. The molecular formula is C27H34N2O3S. The van der Waals surface area contributed by atoms with Crippen LogP contribution in [0.2, 0.25) is 0 Å². The van der Waals surface area contributed by atoms with Gasteiger partial charge in [-0.15, -0.1) is 0 Å². The monoisotopic (exact) mass is 466 g/mol. The zero-order chi connectivity index (χ0) is 23.3. The van der Waals surface area contributed by atoms with E-state index in [0.29, 0.717) is 44.9 Å². The van der Waals surface area contributed by atoms with Gasteiger partial charge in [0.1, 0.15) is 5.78 Å². The molecule has 3 fully saturated rings. The van der Waals surface area contributed by atoms with Gasteiger partial charge in [-0.2, -0.15) is 4.31 Å². The van der Waals surface area contributed by atoms with Crippen molar-refractivity contribution in [1.29, 1.82) is 0 Å². The smallest absolute Gasteiger partial charge is 0.215 e. The van der Waals surface area contributed by atoms with Crippen molar-refractivity contribution in [2.45, 2.75) is 39.2 Å². The fourth-order valence-electron chi connectivity index (χ4n) is 6.64. The highest BCUT2D eigenvalue weighted by Crippen LogP contribution is 2.64. The second-order valence-electron chi connectivity index (χ2n) is 10.6. The van der Waals surface area contributed by atoms with Crippen LogP contribution in [0.4, 0.5) is 0 Å². The van der Waals surface area contributed by atoms with Gasteiger partial charge in [0.2, 0.25) is 10.0 Å². The fourth-order valence-corrected chi connectivity index (χ4v) is 8.84. The molecule has 5 rings (SSSR count). The first-order valence-electron chi connectivity index (χ1n) is 12.1. The Morgan fingerprint density at radius 1 is 0.909 bits per heavy atom. The molecule has 5 nitrogen and oxygen atoms in total. The maximum atomic E-state index is 13.5. The molecule has 0 spiro atoms.